The number of carbonyl (C=O) groups excluding carboxylic acids is 3. The second kappa shape index (κ2) is 14.8. The molecule has 0 saturated carbocycles. The number of ether oxygens (including phenoxy) is 1. The van der Waals surface area contributed by atoms with E-state index in [1.54, 1.807) is 0 Å². The average molecular weight is 493 g/mol. The molecule has 0 heterocycles. The highest BCUT2D eigenvalue weighted by Crippen LogP contribution is 2.13. The molecular formula is C25H44N4O4Si. The van der Waals surface area contributed by atoms with Crippen LogP contribution < -0.4 is 21.7 Å². The van der Waals surface area contributed by atoms with E-state index in [2.05, 4.69) is 42.5 Å². The monoisotopic (exact) mass is 492 g/mol. The molecule has 1 aromatic rings. The molecule has 2 atom stereocenters. The predicted octanol–water partition coefficient (Wildman–Crippen LogP) is 3.89. The molecule has 1 rings (SSSR count). The van der Waals surface area contributed by atoms with Crippen LogP contribution in [0, 0.1) is 5.92 Å². The van der Waals surface area contributed by atoms with Crippen molar-refractivity contribution in [2.24, 2.45) is 11.7 Å². The second-order valence-electron chi connectivity index (χ2n) is 10.2. The first-order chi connectivity index (χ1) is 16.0. The van der Waals surface area contributed by atoms with Crippen LogP contribution in [0.2, 0.25) is 25.7 Å². The topological polar surface area (TPSA) is 123 Å². The molecule has 1 aromatic carbocycles. The van der Waals surface area contributed by atoms with Crippen molar-refractivity contribution >= 4 is 31.7 Å². The third-order valence-corrected chi connectivity index (χ3v) is 7.22. The van der Waals surface area contributed by atoms with Crippen molar-refractivity contribution in [3.8, 4) is 0 Å². The molecular weight excluding hydrogens is 448 g/mol. The summed E-state index contributed by atoms with van der Waals surface area (Å²) in [5.41, 5.74) is 7.45. The fourth-order valence-electron chi connectivity index (χ4n) is 3.23. The molecule has 0 fully saturated rings. The van der Waals surface area contributed by atoms with Crippen molar-refractivity contribution in [3.63, 3.8) is 0 Å². The Morgan fingerprint density at radius 3 is 2.18 bits per heavy atom. The molecule has 8 nitrogen and oxygen atoms in total. The number of alkyl carbamates (subject to hydrolysis) is 1. The Balaban J connectivity index is 2.81. The van der Waals surface area contributed by atoms with Crippen LogP contribution >= 0.6 is 0 Å². The van der Waals surface area contributed by atoms with E-state index < -0.39 is 32.2 Å². The predicted molar refractivity (Wildman–Crippen MR) is 141 cm³/mol. The molecule has 3 amide bonds. The zero-order valence-corrected chi connectivity index (χ0v) is 22.7. The van der Waals surface area contributed by atoms with Crippen molar-refractivity contribution in [1.82, 2.24) is 10.6 Å². The lowest BCUT2D eigenvalue weighted by Crippen LogP contribution is -2.54. The third-order valence-electron chi connectivity index (χ3n) is 5.52. The van der Waals surface area contributed by atoms with Crippen molar-refractivity contribution in [2.75, 3.05) is 18.5 Å². The summed E-state index contributed by atoms with van der Waals surface area (Å²) in [5, 5.41) is 8.38. The van der Waals surface area contributed by atoms with Crippen LogP contribution in [0.3, 0.4) is 0 Å². The van der Waals surface area contributed by atoms with Gasteiger partial charge in [0.1, 0.15) is 12.1 Å². The summed E-state index contributed by atoms with van der Waals surface area (Å²) in [7, 11) is -1.33. The number of rotatable bonds is 14. The van der Waals surface area contributed by atoms with Crippen LogP contribution in [0.15, 0.2) is 24.3 Å². The van der Waals surface area contributed by atoms with Gasteiger partial charge in [0.15, 0.2) is 0 Å². The van der Waals surface area contributed by atoms with Gasteiger partial charge < -0.3 is 26.4 Å². The first kappa shape index (κ1) is 29.6. The Hall–Kier alpha value is -2.39. The van der Waals surface area contributed by atoms with Gasteiger partial charge in [0.25, 0.3) is 0 Å². The van der Waals surface area contributed by atoms with E-state index in [0.717, 1.165) is 18.9 Å². The maximum Gasteiger partial charge on any atom is 0.407 e. The summed E-state index contributed by atoms with van der Waals surface area (Å²) in [6, 6.07) is 6.92. The first-order valence-corrected chi connectivity index (χ1v) is 16.0. The van der Waals surface area contributed by atoms with Gasteiger partial charge in [-0.15, -0.1) is 0 Å². The van der Waals surface area contributed by atoms with Crippen LogP contribution in [0.4, 0.5) is 10.5 Å². The minimum Gasteiger partial charge on any atom is -0.450 e. The van der Waals surface area contributed by atoms with E-state index in [-0.39, 0.29) is 11.8 Å². The first-order valence-electron chi connectivity index (χ1n) is 12.3. The van der Waals surface area contributed by atoms with Gasteiger partial charge in [-0.3, -0.25) is 9.59 Å². The maximum atomic E-state index is 13.1. The van der Waals surface area contributed by atoms with E-state index in [9.17, 15) is 14.4 Å². The van der Waals surface area contributed by atoms with E-state index in [1.807, 2.05) is 38.1 Å². The summed E-state index contributed by atoms with van der Waals surface area (Å²) in [4.78, 5) is 38.3. The van der Waals surface area contributed by atoms with Gasteiger partial charge in [0, 0.05) is 13.8 Å². The Labute approximate surface area is 205 Å². The van der Waals surface area contributed by atoms with Crippen molar-refractivity contribution in [2.45, 2.75) is 84.2 Å². The fourth-order valence-corrected chi connectivity index (χ4v) is 3.94. The van der Waals surface area contributed by atoms with Gasteiger partial charge >= 0.3 is 6.09 Å². The Kier molecular flexibility index (Phi) is 12.9. The SMILES string of the molecule is CCc1ccc(NC(=O)[C@H](CCCCN)NC(=O)[C@@H](NC(=O)OCC[Si](C)(C)C)C(C)C)cc1. The molecule has 0 radical (unpaired) electrons. The van der Waals surface area contributed by atoms with Gasteiger partial charge in [0.2, 0.25) is 11.8 Å². The van der Waals surface area contributed by atoms with E-state index >= 15 is 0 Å². The molecule has 0 aromatic heterocycles. The lowest BCUT2D eigenvalue weighted by Gasteiger charge is -2.25. The van der Waals surface area contributed by atoms with Crippen molar-refractivity contribution < 1.29 is 19.1 Å². The molecule has 9 heteroatoms. The Bertz CT molecular complexity index is 778. The number of nitrogens with one attached hydrogen (secondary N) is 3. The zero-order chi connectivity index (χ0) is 25.7. The molecule has 0 unspecified atom stereocenters. The molecule has 0 aliphatic rings. The normalized spacial score (nSPS) is 13.2. The molecule has 192 valence electrons. The third kappa shape index (κ3) is 11.6. The summed E-state index contributed by atoms with van der Waals surface area (Å²) >= 11 is 0. The largest absolute Gasteiger partial charge is 0.450 e. The number of hydrogen-bond donors (Lipinski definition) is 4. The highest BCUT2D eigenvalue weighted by atomic mass is 28.3. The molecule has 0 saturated heterocycles. The summed E-state index contributed by atoms with van der Waals surface area (Å²) in [6.07, 6.45) is 2.19. The Morgan fingerprint density at radius 1 is 1.00 bits per heavy atom. The van der Waals surface area contributed by atoms with Crippen molar-refractivity contribution in [1.29, 1.82) is 0 Å². The molecule has 0 aliphatic heterocycles. The van der Waals surface area contributed by atoms with Gasteiger partial charge in [-0.25, -0.2) is 4.79 Å². The highest BCUT2D eigenvalue weighted by molar-refractivity contribution is 6.76. The summed E-state index contributed by atoms with van der Waals surface area (Å²) < 4.78 is 5.29. The highest BCUT2D eigenvalue weighted by Gasteiger charge is 2.29. The van der Waals surface area contributed by atoms with Crippen LogP contribution in [-0.2, 0) is 20.7 Å². The number of aryl methyl sites for hydroxylation is 1. The molecule has 0 aliphatic carbocycles. The minimum absolute atomic E-state index is 0.182. The van der Waals surface area contributed by atoms with Gasteiger partial charge in [0.05, 0.1) is 6.61 Å². The number of nitrogens with two attached hydrogens (primary N) is 1. The number of carbonyl (C=O) groups is 3. The van der Waals surface area contributed by atoms with Crippen molar-refractivity contribution in [3.05, 3.63) is 29.8 Å². The maximum absolute atomic E-state index is 13.1. The van der Waals surface area contributed by atoms with Gasteiger partial charge in [-0.1, -0.05) is 52.5 Å². The lowest BCUT2D eigenvalue weighted by molar-refractivity contribution is -0.128. The average Bonchev–Trinajstić information content (AvgIpc) is 2.76. The van der Waals surface area contributed by atoms with Crippen LogP contribution in [-0.4, -0.2) is 51.2 Å². The molecule has 5 N–H and O–H groups in total. The van der Waals surface area contributed by atoms with Gasteiger partial charge in [-0.05, 0) is 61.9 Å². The standard InChI is InChI=1S/C25H44N4O4Si/c1-7-19-11-13-20(14-12-19)27-23(30)21(10-8-9-15-26)28-24(31)22(18(2)3)29-25(32)33-16-17-34(4,5)6/h11-14,18,21-22H,7-10,15-17,26H2,1-6H3,(H,27,30)(H,28,31)(H,29,32)/t21-,22-/m0/s1. The van der Waals surface area contributed by atoms with E-state index in [0.29, 0.717) is 31.7 Å². The second-order valence-corrected chi connectivity index (χ2v) is 15.8. The van der Waals surface area contributed by atoms with Crippen LogP contribution in [0.5, 0.6) is 0 Å². The number of amides is 3. The van der Waals surface area contributed by atoms with E-state index in [4.69, 9.17) is 10.5 Å². The number of anilines is 1. The lowest BCUT2D eigenvalue weighted by atomic mass is 10.0. The van der Waals surface area contributed by atoms with Gasteiger partial charge in [-0.2, -0.15) is 0 Å². The van der Waals surface area contributed by atoms with E-state index in [1.165, 1.54) is 5.56 Å². The molecule has 34 heavy (non-hydrogen) atoms. The number of unbranched alkanes of at least 4 members (excludes halogenated alkanes) is 1. The smallest absolute Gasteiger partial charge is 0.407 e. The zero-order valence-electron chi connectivity index (χ0n) is 21.7. The quantitative estimate of drug-likeness (QED) is 0.232. The summed E-state index contributed by atoms with van der Waals surface area (Å²) in [5.74, 6) is -0.889. The minimum atomic E-state index is -1.33. The van der Waals surface area contributed by atoms with Crippen LogP contribution in [0.25, 0.3) is 0 Å². The summed E-state index contributed by atoms with van der Waals surface area (Å²) in [6.45, 7) is 13.2. The Morgan fingerprint density at radius 2 is 1.65 bits per heavy atom. The fraction of sp³-hybridized carbons (Fsp3) is 0.640. The van der Waals surface area contributed by atoms with Crippen LogP contribution in [0.1, 0.15) is 45.6 Å². The number of hydrogen-bond acceptors (Lipinski definition) is 5. The number of benzene rings is 1. The molecule has 0 spiro atoms. The molecule has 0 bridgehead atoms.